The van der Waals surface area contributed by atoms with Crippen molar-refractivity contribution in [3.8, 4) is 6.07 Å². The van der Waals surface area contributed by atoms with Crippen LogP contribution < -0.4 is 0 Å². The van der Waals surface area contributed by atoms with Crippen molar-refractivity contribution in [1.29, 1.82) is 5.26 Å². The van der Waals surface area contributed by atoms with Gasteiger partial charge in [0.15, 0.2) is 0 Å². The second-order valence-electron chi connectivity index (χ2n) is 1.90. The summed E-state index contributed by atoms with van der Waals surface area (Å²) in [7, 11) is 0. The van der Waals surface area contributed by atoms with Gasteiger partial charge in [0, 0.05) is 5.88 Å². The molecule has 0 aliphatic heterocycles. The molecule has 0 saturated heterocycles. The van der Waals surface area contributed by atoms with Crippen molar-refractivity contribution >= 4 is 24.0 Å². The van der Waals surface area contributed by atoms with Gasteiger partial charge in [0.1, 0.15) is 0 Å². The summed E-state index contributed by atoms with van der Waals surface area (Å²) in [5, 5.41) is 8.54. The SMILES string of the molecule is Cl.N#Cc1ccccc1CCl. The fourth-order valence-corrected chi connectivity index (χ4v) is 0.979. The molecule has 11 heavy (non-hydrogen) atoms. The van der Waals surface area contributed by atoms with E-state index in [2.05, 4.69) is 6.07 Å². The molecule has 1 aromatic carbocycles. The van der Waals surface area contributed by atoms with Gasteiger partial charge in [-0.3, -0.25) is 0 Å². The maximum Gasteiger partial charge on any atom is 0.0994 e. The summed E-state index contributed by atoms with van der Waals surface area (Å²) < 4.78 is 0. The lowest BCUT2D eigenvalue weighted by atomic mass is 10.1. The average Bonchev–Trinajstić information content (AvgIpc) is 2.04. The third kappa shape index (κ3) is 2.42. The first-order valence-electron chi connectivity index (χ1n) is 2.92. The maximum absolute atomic E-state index is 8.54. The number of nitriles is 1. The molecule has 0 aromatic heterocycles. The fraction of sp³-hybridized carbons (Fsp3) is 0.125. The largest absolute Gasteiger partial charge is 0.192 e. The summed E-state index contributed by atoms with van der Waals surface area (Å²) in [6.45, 7) is 0. The molecule has 1 rings (SSSR count). The Balaban J connectivity index is 0.000001000. The molecule has 0 aliphatic carbocycles. The Bertz CT molecular complexity index is 265. The third-order valence-corrected chi connectivity index (χ3v) is 1.57. The normalized spacial score (nSPS) is 8.00. The zero-order valence-electron chi connectivity index (χ0n) is 5.75. The Morgan fingerprint density at radius 3 is 2.45 bits per heavy atom. The zero-order chi connectivity index (χ0) is 7.40. The lowest BCUT2D eigenvalue weighted by Crippen LogP contribution is -1.82. The first-order chi connectivity index (χ1) is 4.88. The minimum absolute atomic E-state index is 0. The van der Waals surface area contributed by atoms with Crippen LogP contribution in [0.1, 0.15) is 11.1 Å². The van der Waals surface area contributed by atoms with Crippen LogP contribution in [0.15, 0.2) is 24.3 Å². The van der Waals surface area contributed by atoms with E-state index >= 15 is 0 Å². The highest BCUT2D eigenvalue weighted by Gasteiger charge is 1.95. The Morgan fingerprint density at radius 1 is 1.36 bits per heavy atom. The molecule has 0 spiro atoms. The molecule has 1 aromatic rings. The number of hydrogen-bond donors (Lipinski definition) is 0. The van der Waals surface area contributed by atoms with E-state index in [0.717, 1.165) is 5.56 Å². The summed E-state index contributed by atoms with van der Waals surface area (Å²) in [6.07, 6.45) is 0. The van der Waals surface area contributed by atoms with Crippen LogP contribution in [-0.2, 0) is 5.88 Å². The molecule has 0 N–H and O–H groups in total. The molecule has 0 fully saturated rings. The molecule has 0 heterocycles. The van der Waals surface area contributed by atoms with Crippen LogP contribution in [-0.4, -0.2) is 0 Å². The molecule has 58 valence electrons. The Kier molecular flexibility index (Phi) is 4.69. The van der Waals surface area contributed by atoms with Gasteiger partial charge in [-0.15, -0.1) is 24.0 Å². The van der Waals surface area contributed by atoms with E-state index in [4.69, 9.17) is 16.9 Å². The maximum atomic E-state index is 8.54. The van der Waals surface area contributed by atoms with Gasteiger partial charge in [-0.2, -0.15) is 5.26 Å². The molecule has 0 atom stereocenters. The van der Waals surface area contributed by atoms with Crippen LogP contribution >= 0.6 is 24.0 Å². The first-order valence-corrected chi connectivity index (χ1v) is 3.46. The van der Waals surface area contributed by atoms with Crippen molar-refractivity contribution in [3.63, 3.8) is 0 Å². The number of benzene rings is 1. The molecule has 1 nitrogen and oxygen atoms in total. The van der Waals surface area contributed by atoms with Crippen molar-refractivity contribution in [3.05, 3.63) is 35.4 Å². The summed E-state index contributed by atoms with van der Waals surface area (Å²) in [5.41, 5.74) is 1.56. The van der Waals surface area contributed by atoms with Crippen molar-refractivity contribution < 1.29 is 0 Å². The Morgan fingerprint density at radius 2 is 2.00 bits per heavy atom. The zero-order valence-corrected chi connectivity index (χ0v) is 7.32. The van der Waals surface area contributed by atoms with Gasteiger partial charge in [-0.1, -0.05) is 18.2 Å². The fourth-order valence-electron chi connectivity index (χ4n) is 0.746. The molecule has 0 unspecified atom stereocenters. The first kappa shape index (κ1) is 10.3. The van der Waals surface area contributed by atoms with Crippen LogP contribution in [0.3, 0.4) is 0 Å². The number of nitrogens with zero attached hydrogens (tertiary/aromatic N) is 1. The van der Waals surface area contributed by atoms with Gasteiger partial charge in [-0.05, 0) is 11.6 Å². The molecule has 0 saturated carbocycles. The summed E-state index contributed by atoms with van der Waals surface area (Å²) in [4.78, 5) is 0. The van der Waals surface area contributed by atoms with E-state index < -0.39 is 0 Å². The predicted molar refractivity (Wildman–Crippen MR) is 48.0 cm³/mol. The lowest BCUT2D eigenvalue weighted by Gasteiger charge is -1.94. The third-order valence-electron chi connectivity index (χ3n) is 1.28. The van der Waals surface area contributed by atoms with E-state index in [1.54, 1.807) is 6.07 Å². The number of rotatable bonds is 1. The van der Waals surface area contributed by atoms with Gasteiger partial charge >= 0.3 is 0 Å². The molecule has 0 radical (unpaired) electrons. The standard InChI is InChI=1S/C8H6ClN.ClH/c9-5-7-3-1-2-4-8(7)6-10;/h1-4H,5H2;1H. The second-order valence-corrected chi connectivity index (χ2v) is 2.17. The summed E-state index contributed by atoms with van der Waals surface area (Å²) in [5.74, 6) is 0.406. The van der Waals surface area contributed by atoms with Gasteiger partial charge in [0.05, 0.1) is 11.6 Å². The van der Waals surface area contributed by atoms with E-state index in [1.807, 2.05) is 18.2 Å². The highest BCUT2D eigenvalue weighted by atomic mass is 35.5. The van der Waals surface area contributed by atoms with Gasteiger partial charge in [0.2, 0.25) is 0 Å². The minimum atomic E-state index is 0. The van der Waals surface area contributed by atoms with E-state index in [9.17, 15) is 0 Å². The molecular weight excluding hydrogens is 181 g/mol. The molecule has 0 aliphatic rings. The van der Waals surface area contributed by atoms with Gasteiger partial charge in [0.25, 0.3) is 0 Å². The number of hydrogen-bond acceptors (Lipinski definition) is 1. The van der Waals surface area contributed by atoms with Crippen LogP contribution in [0.5, 0.6) is 0 Å². The topological polar surface area (TPSA) is 23.8 Å². The molecule has 0 bridgehead atoms. The second kappa shape index (κ2) is 5.01. The van der Waals surface area contributed by atoms with Crippen molar-refractivity contribution in [1.82, 2.24) is 0 Å². The van der Waals surface area contributed by atoms with Gasteiger partial charge < -0.3 is 0 Å². The molecular formula is C8H7Cl2N. The van der Waals surface area contributed by atoms with Crippen LogP contribution in [0.25, 0.3) is 0 Å². The summed E-state index contributed by atoms with van der Waals surface area (Å²) in [6, 6.07) is 9.38. The van der Waals surface area contributed by atoms with E-state index in [1.165, 1.54) is 0 Å². The summed E-state index contributed by atoms with van der Waals surface area (Å²) >= 11 is 5.56. The lowest BCUT2D eigenvalue weighted by molar-refractivity contribution is 1.35. The Hall–Kier alpha value is -0.710. The number of halogens is 2. The van der Waals surface area contributed by atoms with Crippen LogP contribution in [0.2, 0.25) is 0 Å². The quantitative estimate of drug-likeness (QED) is 0.621. The smallest absolute Gasteiger partial charge is 0.0994 e. The van der Waals surface area contributed by atoms with Crippen LogP contribution in [0, 0.1) is 11.3 Å². The Labute approximate surface area is 77.0 Å². The van der Waals surface area contributed by atoms with E-state index in [0.29, 0.717) is 11.4 Å². The number of alkyl halides is 1. The van der Waals surface area contributed by atoms with Crippen molar-refractivity contribution in [2.24, 2.45) is 0 Å². The highest BCUT2D eigenvalue weighted by Crippen LogP contribution is 2.08. The highest BCUT2D eigenvalue weighted by molar-refractivity contribution is 6.17. The minimum Gasteiger partial charge on any atom is -0.192 e. The van der Waals surface area contributed by atoms with Gasteiger partial charge in [-0.25, -0.2) is 0 Å². The van der Waals surface area contributed by atoms with Crippen molar-refractivity contribution in [2.45, 2.75) is 5.88 Å². The predicted octanol–water partition coefficient (Wildman–Crippen LogP) is 2.72. The monoisotopic (exact) mass is 187 g/mol. The van der Waals surface area contributed by atoms with Crippen LogP contribution in [0.4, 0.5) is 0 Å². The van der Waals surface area contributed by atoms with Crippen molar-refractivity contribution in [2.75, 3.05) is 0 Å². The molecule has 3 heteroatoms. The average molecular weight is 188 g/mol. The molecule has 0 amide bonds. The van der Waals surface area contributed by atoms with E-state index in [-0.39, 0.29) is 12.4 Å².